The van der Waals surface area contributed by atoms with Crippen molar-refractivity contribution in [2.24, 2.45) is 0 Å². The Hall–Kier alpha value is -1.80. The van der Waals surface area contributed by atoms with E-state index in [2.05, 4.69) is 67.8 Å². The molecule has 0 aromatic rings. The van der Waals surface area contributed by atoms with E-state index in [0.717, 1.165) is 64.2 Å². The number of aliphatic hydroxyl groups excluding tert-OH is 1. The topological polar surface area (TPSA) is 108 Å². The normalized spacial score (nSPS) is 13.8. The summed E-state index contributed by atoms with van der Waals surface area (Å²) >= 11 is 0. The molecule has 3 atom stereocenters. The average molecular weight is 1270 g/mol. The predicted octanol–water partition coefficient (Wildman–Crippen LogP) is 24.9. The molecule has 0 saturated carbocycles. The quantitative estimate of drug-likeness (QED) is 0.0272. The molecular formula is C80H153N2O6P. The molecule has 0 rings (SSSR count). The van der Waals surface area contributed by atoms with Crippen LogP contribution in [0.1, 0.15) is 393 Å². The van der Waals surface area contributed by atoms with E-state index in [1.54, 1.807) is 6.08 Å². The third kappa shape index (κ3) is 73.5. The van der Waals surface area contributed by atoms with Crippen LogP contribution in [0.5, 0.6) is 0 Å². The van der Waals surface area contributed by atoms with Crippen molar-refractivity contribution in [3.8, 4) is 0 Å². The van der Waals surface area contributed by atoms with Crippen LogP contribution in [0.15, 0.2) is 60.8 Å². The van der Waals surface area contributed by atoms with Gasteiger partial charge >= 0.3 is 0 Å². The Labute approximate surface area is 555 Å². The minimum atomic E-state index is -4.61. The summed E-state index contributed by atoms with van der Waals surface area (Å²) in [5.74, 6) is -0.189. The molecule has 0 aliphatic rings. The molecule has 3 unspecified atom stereocenters. The van der Waals surface area contributed by atoms with Crippen molar-refractivity contribution in [2.75, 3.05) is 40.9 Å². The van der Waals surface area contributed by atoms with Crippen molar-refractivity contribution in [1.29, 1.82) is 0 Å². The van der Waals surface area contributed by atoms with Crippen LogP contribution < -0.4 is 10.2 Å². The maximum atomic E-state index is 13.1. The number of unbranched alkanes of at least 4 members (excludes halogenated alkanes) is 52. The summed E-state index contributed by atoms with van der Waals surface area (Å²) in [5.41, 5.74) is 0. The van der Waals surface area contributed by atoms with E-state index in [4.69, 9.17) is 9.05 Å². The number of phosphoric ester groups is 1. The van der Waals surface area contributed by atoms with Crippen molar-refractivity contribution in [1.82, 2.24) is 5.32 Å². The van der Waals surface area contributed by atoms with E-state index in [0.29, 0.717) is 17.4 Å². The van der Waals surface area contributed by atoms with Crippen LogP contribution in [-0.2, 0) is 18.4 Å². The molecule has 1 amide bonds. The van der Waals surface area contributed by atoms with Gasteiger partial charge in [0.1, 0.15) is 13.2 Å². The lowest BCUT2D eigenvalue weighted by atomic mass is 10.0. The number of phosphoric acid groups is 1. The van der Waals surface area contributed by atoms with E-state index in [1.165, 1.54) is 308 Å². The molecule has 0 aliphatic carbocycles. The average Bonchev–Trinajstić information content (AvgIpc) is 3.55. The zero-order valence-electron chi connectivity index (χ0n) is 60.2. The highest BCUT2D eigenvalue weighted by Crippen LogP contribution is 2.38. The standard InChI is InChI=1S/C80H153N2O6P/c1-6-8-10-12-14-16-18-20-22-24-26-28-30-32-34-36-37-38-39-40-41-42-43-44-45-46-48-50-52-54-56-58-60-62-64-66-68-70-72-74-80(84)81-78(77-88-89(85,86)87-76-75-82(3,4)5)79(83)73-71-69-67-65-63-61-59-57-55-53-51-49-47-35-33-31-29-27-25-23-21-19-17-15-13-11-9-7-2/h8,10,14,16,20,22,26,28,71,73,78-79,83H,6-7,9,11-13,15,17-19,21,23-25,27,29-70,72,74-77H2,1-5H3,(H-,81,84,85,86)/b10-8-,16-14-,22-20-,28-26-,73-71+. The lowest BCUT2D eigenvalue weighted by Crippen LogP contribution is -2.45. The first kappa shape index (κ1) is 87.2. The molecule has 0 spiro atoms. The van der Waals surface area contributed by atoms with Gasteiger partial charge in [0.25, 0.3) is 7.82 Å². The Balaban J connectivity index is 3.94. The predicted molar refractivity (Wildman–Crippen MR) is 390 cm³/mol. The van der Waals surface area contributed by atoms with Crippen molar-refractivity contribution in [3.05, 3.63) is 60.8 Å². The lowest BCUT2D eigenvalue weighted by molar-refractivity contribution is -0.870. The molecule has 0 aliphatic heterocycles. The van der Waals surface area contributed by atoms with Crippen LogP contribution in [0, 0.1) is 0 Å². The zero-order chi connectivity index (χ0) is 64.8. The molecule has 0 radical (unpaired) electrons. The van der Waals surface area contributed by atoms with E-state index in [-0.39, 0.29) is 19.1 Å². The zero-order valence-corrected chi connectivity index (χ0v) is 61.0. The highest BCUT2D eigenvalue weighted by atomic mass is 31.2. The van der Waals surface area contributed by atoms with Crippen LogP contribution in [-0.4, -0.2) is 68.5 Å². The molecular weight excluding hydrogens is 1120 g/mol. The molecule has 9 heteroatoms. The van der Waals surface area contributed by atoms with Gasteiger partial charge in [-0.25, -0.2) is 0 Å². The van der Waals surface area contributed by atoms with Gasteiger partial charge in [0, 0.05) is 6.42 Å². The van der Waals surface area contributed by atoms with E-state index in [9.17, 15) is 19.4 Å². The van der Waals surface area contributed by atoms with Crippen molar-refractivity contribution in [3.63, 3.8) is 0 Å². The molecule has 0 heterocycles. The lowest BCUT2D eigenvalue weighted by Gasteiger charge is -2.29. The Morgan fingerprint density at radius 1 is 0.404 bits per heavy atom. The summed E-state index contributed by atoms with van der Waals surface area (Å²) in [4.78, 5) is 25.7. The number of hydrogen-bond acceptors (Lipinski definition) is 6. The molecule has 89 heavy (non-hydrogen) atoms. The number of nitrogens with one attached hydrogen (secondary N) is 1. The smallest absolute Gasteiger partial charge is 0.268 e. The molecule has 2 N–H and O–H groups in total. The van der Waals surface area contributed by atoms with Crippen molar-refractivity contribution in [2.45, 2.75) is 405 Å². The highest BCUT2D eigenvalue weighted by molar-refractivity contribution is 7.45. The fraction of sp³-hybridized carbons (Fsp3) is 0.863. The number of carbonyl (C=O) groups is 1. The van der Waals surface area contributed by atoms with Gasteiger partial charge in [0.15, 0.2) is 0 Å². The van der Waals surface area contributed by atoms with Crippen molar-refractivity contribution < 1.29 is 32.9 Å². The summed E-state index contributed by atoms with van der Waals surface area (Å²) in [7, 11) is 1.28. The second-order valence-corrected chi connectivity index (χ2v) is 29.5. The summed E-state index contributed by atoms with van der Waals surface area (Å²) < 4.78 is 23.5. The first-order valence-corrected chi connectivity index (χ1v) is 40.6. The van der Waals surface area contributed by atoms with E-state index in [1.807, 2.05) is 27.2 Å². The number of allylic oxidation sites excluding steroid dienone is 9. The Morgan fingerprint density at radius 3 is 1.00 bits per heavy atom. The van der Waals surface area contributed by atoms with Gasteiger partial charge < -0.3 is 28.8 Å². The number of nitrogens with zero attached hydrogens (tertiary/aromatic N) is 1. The molecule has 0 bridgehead atoms. The summed E-state index contributed by atoms with van der Waals surface area (Å²) in [6.07, 6.45) is 98.1. The Bertz CT molecular complexity index is 1640. The largest absolute Gasteiger partial charge is 0.756 e. The third-order valence-electron chi connectivity index (χ3n) is 18.0. The molecule has 0 aromatic carbocycles. The number of aliphatic hydroxyl groups is 1. The third-order valence-corrected chi connectivity index (χ3v) is 18.9. The van der Waals surface area contributed by atoms with Gasteiger partial charge in [-0.3, -0.25) is 9.36 Å². The van der Waals surface area contributed by atoms with Crippen LogP contribution in [0.4, 0.5) is 0 Å². The number of carbonyl (C=O) groups excluding carboxylic acids is 1. The fourth-order valence-corrected chi connectivity index (χ4v) is 12.7. The highest BCUT2D eigenvalue weighted by Gasteiger charge is 2.23. The van der Waals surface area contributed by atoms with Crippen LogP contribution in [0.2, 0.25) is 0 Å². The first-order chi connectivity index (χ1) is 43.5. The second kappa shape index (κ2) is 70.5. The number of hydrogen-bond donors (Lipinski definition) is 2. The van der Waals surface area contributed by atoms with Gasteiger partial charge in [-0.1, -0.05) is 389 Å². The summed E-state index contributed by atoms with van der Waals surface area (Å²) in [5, 5.41) is 14.0. The van der Waals surface area contributed by atoms with Crippen LogP contribution in [0.25, 0.3) is 0 Å². The minimum absolute atomic E-state index is 0.000844. The fourth-order valence-electron chi connectivity index (χ4n) is 12.0. The Kier molecular flexibility index (Phi) is 69.1. The molecule has 8 nitrogen and oxygen atoms in total. The second-order valence-electron chi connectivity index (χ2n) is 28.0. The van der Waals surface area contributed by atoms with Crippen LogP contribution >= 0.6 is 7.82 Å². The molecule has 524 valence electrons. The molecule has 0 fully saturated rings. The van der Waals surface area contributed by atoms with Gasteiger partial charge in [-0.15, -0.1) is 0 Å². The minimum Gasteiger partial charge on any atom is -0.756 e. The SMILES string of the molecule is CC/C=C\C/C=C\C/C=C\C/C=C\CCCCCCCCCCCCCCCCCCCCCCCCCCCCC(=O)NC(COP(=O)([O-])OCC[N+](C)(C)C)C(O)/C=C/CCCCCCCCCCCCCCCCCCCCCCCCCCCC. The van der Waals surface area contributed by atoms with Gasteiger partial charge in [0.05, 0.1) is 39.9 Å². The number of rotatable bonds is 73. The van der Waals surface area contributed by atoms with E-state index < -0.39 is 20.0 Å². The number of amides is 1. The van der Waals surface area contributed by atoms with Gasteiger partial charge in [0.2, 0.25) is 5.91 Å². The molecule has 0 saturated heterocycles. The monoisotopic (exact) mass is 1270 g/mol. The number of likely N-dealkylation sites (N-methyl/N-ethyl adjacent to an activating group) is 1. The number of quaternary nitrogens is 1. The Morgan fingerprint density at radius 2 is 0.685 bits per heavy atom. The summed E-state index contributed by atoms with van der Waals surface area (Å²) in [6.45, 7) is 4.60. The first-order valence-electron chi connectivity index (χ1n) is 39.2. The van der Waals surface area contributed by atoms with Gasteiger partial charge in [-0.2, -0.15) is 0 Å². The van der Waals surface area contributed by atoms with E-state index >= 15 is 0 Å². The van der Waals surface area contributed by atoms with Crippen LogP contribution in [0.3, 0.4) is 0 Å². The maximum Gasteiger partial charge on any atom is 0.268 e. The molecule has 0 aromatic heterocycles. The summed E-state index contributed by atoms with van der Waals surface area (Å²) in [6, 6.07) is -0.888. The maximum absolute atomic E-state index is 13.1. The van der Waals surface area contributed by atoms with Crippen molar-refractivity contribution >= 4 is 13.7 Å². The van der Waals surface area contributed by atoms with Gasteiger partial charge in [-0.05, 0) is 57.8 Å².